The van der Waals surface area contributed by atoms with Crippen LogP contribution >= 0.6 is 11.6 Å². The maximum absolute atomic E-state index is 13.3. The summed E-state index contributed by atoms with van der Waals surface area (Å²) in [4.78, 5) is 16.0. The van der Waals surface area contributed by atoms with Crippen LogP contribution in [0.3, 0.4) is 0 Å². The van der Waals surface area contributed by atoms with E-state index in [2.05, 4.69) is 4.98 Å². The van der Waals surface area contributed by atoms with E-state index in [-0.39, 0.29) is 18.3 Å². The van der Waals surface area contributed by atoms with Gasteiger partial charge in [0.05, 0.1) is 17.6 Å². The van der Waals surface area contributed by atoms with Crippen LogP contribution in [0.5, 0.6) is 0 Å². The van der Waals surface area contributed by atoms with Gasteiger partial charge < -0.3 is 9.30 Å². The van der Waals surface area contributed by atoms with Gasteiger partial charge in [-0.05, 0) is 25.1 Å². The Labute approximate surface area is 115 Å². The van der Waals surface area contributed by atoms with E-state index in [0.29, 0.717) is 35.8 Å². The fourth-order valence-electron chi connectivity index (χ4n) is 1.93. The Morgan fingerprint density at radius 2 is 2.32 bits per heavy atom. The summed E-state index contributed by atoms with van der Waals surface area (Å²) in [6.07, 6.45) is 0.511. The van der Waals surface area contributed by atoms with Crippen LogP contribution in [0.2, 0.25) is 0 Å². The van der Waals surface area contributed by atoms with Gasteiger partial charge in [0.25, 0.3) is 0 Å². The molecule has 0 aliphatic rings. The highest BCUT2D eigenvalue weighted by atomic mass is 35.5. The van der Waals surface area contributed by atoms with Crippen molar-refractivity contribution in [3.8, 4) is 0 Å². The third kappa shape index (κ3) is 3.04. The topological polar surface area (TPSA) is 44.1 Å². The SMILES string of the molecule is CCOC(=O)Cn1c(CCCl)nc2ccc(F)cc21. The minimum Gasteiger partial charge on any atom is -0.465 e. The second kappa shape index (κ2) is 6.02. The van der Waals surface area contributed by atoms with Crippen molar-refractivity contribution >= 4 is 28.6 Å². The number of alkyl halides is 1. The van der Waals surface area contributed by atoms with Crippen LogP contribution in [-0.2, 0) is 22.5 Å². The molecule has 102 valence electrons. The van der Waals surface area contributed by atoms with Gasteiger partial charge in [0.1, 0.15) is 18.2 Å². The number of hydrogen-bond acceptors (Lipinski definition) is 3. The molecule has 1 aromatic carbocycles. The summed E-state index contributed by atoms with van der Waals surface area (Å²) < 4.78 is 19.9. The van der Waals surface area contributed by atoms with Gasteiger partial charge in [-0.1, -0.05) is 0 Å². The zero-order valence-corrected chi connectivity index (χ0v) is 11.3. The predicted molar refractivity (Wildman–Crippen MR) is 70.7 cm³/mol. The number of esters is 1. The summed E-state index contributed by atoms with van der Waals surface area (Å²) in [5.41, 5.74) is 1.22. The molecule has 0 spiro atoms. The average Bonchev–Trinajstić information content (AvgIpc) is 2.68. The molecule has 2 rings (SSSR count). The van der Waals surface area contributed by atoms with Crippen LogP contribution in [0.15, 0.2) is 18.2 Å². The lowest BCUT2D eigenvalue weighted by Crippen LogP contribution is -2.15. The molecule has 0 atom stereocenters. The van der Waals surface area contributed by atoms with Crippen LogP contribution in [0.4, 0.5) is 4.39 Å². The molecule has 2 aromatic rings. The van der Waals surface area contributed by atoms with Crippen molar-refractivity contribution in [2.45, 2.75) is 19.9 Å². The van der Waals surface area contributed by atoms with Gasteiger partial charge in [0, 0.05) is 12.3 Å². The van der Waals surface area contributed by atoms with Crippen LogP contribution in [0, 0.1) is 5.82 Å². The molecule has 0 radical (unpaired) electrons. The summed E-state index contributed by atoms with van der Waals surface area (Å²) in [6.45, 7) is 2.06. The van der Waals surface area contributed by atoms with Crippen LogP contribution in [0.1, 0.15) is 12.7 Å². The lowest BCUT2D eigenvalue weighted by atomic mass is 10.3. The van der Waals surface area contributed by atoms with Crippen molar-refractivity contribution in [2.75, 3.05) is 12.5 Å². The number of aromatic nitrogens is 2. The fourth-order valence-corrected chi connectivity index (χ4v) is 2.10. The first-order valence-corrected chi connectivity index (χ1v) is 6.55. The van der Waals surface area contributed by atoms with E-state index < -0.39 is 0 Å². The highest BCUT2D eigenvalue weighted by Gasteiger charge is 2.14. The number of carbonyl (C=O) groups excluding carboxylic acids is 1. The molecule has 19 heavy (non-hydrogen) atoms. The number of fused-ring (bicyclic) bond motifs is 1. The van der Waals surface area contributed by atoms with Crippen molar-refractivity contribution < 1.29 is 13.9 Å². The number of hydrogen-bond donors (Lipinski definition) is 0. The van der Waals surface area contributed by atoms with Gasteiger partial charge >= 0.3 is 5.97 Å². The fraction of sp³-hybridized carbons (Fsp3) is 0.385. The van der Waals surface area contributed by atoms with E-state index in [1.165, 1.54) is 12.1 Å². The number of benzene rings is 1. The lowest BCUT2D eigenvalue weighted by Gasteiger charge is -2.07. The van der Waals surface area contributed by atoms with Gasteiger partial charge in [-0.2, -0.15) is 0 Å². The van der Waals surface area contributed by atoms with Crippen LogP contribution in [0.25, 0.3) is 11.0 Å². The van der Waals surface area contributed by atoms with Crippen molar-refractivity contribution in [1.29, 1.82) is 0 Å². The standard InChI is InChI=1S/C13H14ClFN2O2/c1-2-19-13(18)8-17-11-7-9(15)3-4-10(11)16-12(17)5-6-14/h3-4,7H,2,5-6,8H2,1H3. The number of aryl methyl sites for hydroxylation is 1. The highest BCUT2D eigenvalue weighted by Crippen LogP contribution is 2.18. The molecule has 4 nitrogen and oxygen atoms in total. The first-order chi connectivity index (χ1) is 9.15. The summed E-state index contributed by atoms with van der Waals surface area (Å²) in [5, 5.41) is 0. The quantitative estimate of drug-likeness (QED) is 0.626. The number of halogens is 2. The van der Waals surface area contributed by atoms with Gasteiger partial charge in [0.15, 0.2) is 0 Å². The Morgan fingerprint density at radius 3 is 3.00 bits per heavy atom. The number of ether oxygens (including phenoxy) is 1. The molecule has 0 saturated heterocycles. The van der Waals surface area contributed by atoms with Crippen molar-refractivity contribution in [3.05, 3.63) is 29.8 Å². The van der Waals surface area contributed by atoms with Gasteiger partial charge in [0.2, 0.25) is 0 Å². The third-order valence-corrected chi connectivity index (χ3v) is 2.89. The van der Waals surface area contributed by atoms with Crippen LogP contribution in [-0.4, -0.2) is 28.0 Å². The minimum absolute atomic E-state index is 0.0139. The van der Waals surface area contributed by atoms with Crippen LogP contribution < -0.4 is 0 Å². The van der Waals surface area contributed by atoms with Crippen molar-refractivity contribution in [2.24, 2.45) is 0 Å². The molecule has 0 unspecified atom stereocenters. The smallest absolute Gasteiger partial charge is 0.326 e. The first kappa shape index (κ1) is 13.8. The summed E-state index contributed by atoms with van der Waals surface area (Å²) >= 11 is 5.72. The molecule has 0 saturated carbocycles. The van der Waals surface area contributed by atoms with E-state index in [0.717, 1.165) is 0 Å². The van der Waals surface area contributed by atoms with E-state index in [1.807, 2.05) is 0 Å². The van der Waals surface area contributed by atoms with Crippen molar-refractivity contribution in [1.82, 2.24) is 9.55 Å². The number of imidazole rings is 1. The monoisotopic (exact) mass is 284 g/mol. The maximum atomic E-state index is 13.3. The largest absolute Gasteiger partial charge is 0.465 e. The first-order valence-electron chi connectivity index (χ1n) is 6.02. The van der Waals surface area contributed by atoms with E-state index >= 15 is 0 Å². The summed E-state index contributed by atoms with van der Waals surface area (Å²) in [5.74, 6) is 0.301. The predicted octanol–water partition coefficient (Wildman–Crippen LogP) is 2.52. The van der Waals surface area contributed by atoms with E-state index in [4.69, 9.17) is 16.3 Å². The molecule has 0 N–H and O–H groups in total. The Hall–Kier alpha value is -1.62. The molecule has 0 fully saturated rings. The molecule has 0 aliphatic carbocycles. The Kier molecular flexibility index (Phi) is 4.37. The molecule has 6 heteroatoms. The second-order valence-electron chi connectivity index (χ2n) is 3.99. The Morgan fingerprint density at radius 1 is 1.53 bits per heavy atom. The highest BCUT2D eigenvalue weighted by molar-refractivity contribution is 6.17. The summed E-state index contributed by atoms with van der Waals surface area (Å²) in [7, 11) is 0. The molecule has 1 aromatic heterocycles. The zero-order chi connectivity index (χ0) is 13.8. The van der Waals surface area contributed by atoms with Gasteiger partial charge in [-0.3, -0.25) is 4.79 Å². The molecule has 1 heterocycles. The Balaban J connectivity index is 2.44. The maximum Gasteiger partial charge on any atom is 0.326 e. The van der Waals surface area contributed by atoms with Crippen molar-refractivity contribution in [3.63, 3.8) is 0 Å². The molecule has 0 bridgehead atoms. The second-order valence-corrected chi connectivity index (χ2v) is 4.37. The third-order valence-electron chi connectivity index (χ3n) is 2.70. The molecule has 0 amide bonds. The molecule has 0 aliphatic heterocycles. The molecular weight excluding hydrogens is 271 g/mol. The number of nitrogens with zero attached hydrogens (tertiary/aromatic N) is 2. The minimum atomic E-state index is -0.373. The van der Waals surface area contributed by atoms with Gasteiger partial charge in [-0.15, -0.1) is 11.6 Å². The Bertz CT molecular complexity index is 598. The average molecular weight is 285 g/mol. The summed E-state index contributed by atoms with van der Waals surface area (Å²) in [6, 6.07) is 4.29. The van der Waals surface area contributed by atoms with Gasteiger partial charge in [-0.25, -0.2) is 9.37 Å². The lowest BCUT2D eigenvalue weighted by molar-refractivity contribution is -0.143. The number of carbonyl (C=O) groups is 1. The zero-order valence-electron chi connectivity index (χ0n) is 10.5. The van der Waals surface area contributed by atoms with E-state index in [1.54, 1.807) is 17.6 Å². The molecular formula is C13H14ClFN2O2. The number of rotatable bonds is 5. The van der Waals surface area contributed by atoms with E-state index in [9.17, 15) is 9.18 Å². The normalized spacial score (nSPS) is 10.9.